The minimum atomic E-state index is -0.602. The highest BCUT2D eigenvalue weighted by Gasteiger charge is 2.19. The quantitative estimate of drug-likeness (QED) is 0.648. The molecule has 1 unspecified atom stereocenters. The summed E-state index contributed by atoms with van der Waals surface area (Å²) < 4.78 is 5.80. The van der Waals surface area contributed by atoms with E-state index in [0.29, 0.717) is 30.0 Å². The molecule has 0 radical (unpaired) electrons. The molecule has 0 aromatic heterocycles. The summed E-state index contributed by atoms with van der Waals surface area (Å²) in [7, 11) is 0. The maximum Gasteiger partial charge on any atom is 0.265 e. The monoisotopic (exact) mass is 368 g/mol. The molecule has 2 aromatic carbocycles. The van der Waals surface area contributed by atoms with E-state index in [4.69, 9.17) is 4.74 Å². The summed E-state index contributed by atoms with van der Waals surface area (Å²) in [4.78, 5) is 24.7. The highest BCUT2D eigenvalue weighted by molar-refractivity contribution is 5.98. The average molecular weight is 368 g/mol. The molecule has 2 amide bonds. The average Bonchev–Trinajstić information content (AvgIpc) is 2.67. The molecule has 0 fully saturated rings. The van der Waals surface area contributed by atoms with E-state index >= 15 is 0 Å². The van der Waals surface area contributed by atoms with E-state index in [9.17, 15) is 9.59 Å². The van der Waals surface area contributed by atoms with Gasteiger partial charge in [0.25, 0.3) is 11.8 Å². The van der Waals surface area contributed by atoms with Crippen LogP contribution in [0.3, 0.4) is 0 Å². The molecular weight excluding hydrogens is 340 g/mol. The van der Waals surface area contributed by atoms with Crippen LogP contribution in [0.25, 0.3) is 0 Å². The van der Waals surface area contributed by atoms with Gasteiger partial charge in [-0.2, -0.15) is 0 Å². The van der Waals surface area contributed by atoms with Crippen molar-refractivity contribution in [2.75, 3.05) is 11.9 Å². The smallest absolute Gasteiger partial charge is 0.265 e. The van der Waals surface area contributed by atoms with Gasteiger partial charge in [-0.3, -0.25) is 9.59 Å². The molecular formula is C22H28N2O3. The second kappa shape index (κ2) is 10.4. The van der Waals surface area contributed by atoms with Gasteiger partial charge in [-0.05, 0) is 50.1 Å². The van der Waals surface area contributed by atoms with Crippen molar-refractivity contribution in [2.24, 2.45) is 0 Å². The lowest BCUT2D eigenvalue weighted by Gasteiger charge is -2.17. The Labute approximate surface area is 161 Å². The predicted octanol–water partition coefficient (Wildman–Crippen LogP) is 4.32. The van der Waals surface area contributed by atoms with Crippen molar-refractivity contribution in [3.63, 3.8) is 0 Å². The normalized spacial score (nSPS) is 11.5. The Morgan fingerprint density at radius 3 is 2.48 bits per heavy atom. The summed E-state index contributed by atoms with van der Waals surface area (Å²) in [5.41, 5.74) is 2.24. The van der Waals surface area contributed by atoms with Crippen molar-refractivity contribution < 1.29 is 14.3 Å². The van der Waals surface area contributed by atoms with Gasteiger partial charge in [0.05, 0.1) is 0 Å². The van der Waals surface area contributed by atoms with Crippen LogP contribution in [-0.4, -0.2) is 24.5 Å². The molecule has 0 aliphatic carbocycles. The molecule has 2 rings (SSSR count). The van der Waals surface area contributed by atoms with Crippen LogP contribution in [0.2, 0.25) is 0 Å². The number of aryl methyl sites for hydroxylation is 1. The van der Waals surface area contributed by atoms with Crippen molar-refractivity contribution in [1.29, 1.82) is 0 Å². The largest absolute Gasteiger partial charge is 0.481 e. The third kappa shape index (κ3) is 6.44. The Bertz CT molecular complexity index is 756. The standard InChI is InChI=1S/C22H28N2O3/c1-4-6-14-23-21(25)17-8-7-9-18(15-17)24-22(26)20(5-2)27-19-12-10-16(3)11-13-19/h7-13,15,20H,4-6,14H2,1-3H3,(H,23,25)(H,24,26). The Balaban J connectivity index is 1.99. The first-order valence-electron chi connectivity index (χ1n) is 9.46. The van der Waals surface area contributed by atoms with E-state index < -0.39 is 6.10 Å². The summed E-state index contributed by atoms with van der Waals surface area (Å²) in [6.07, 6.45) is 1.90. The summed E-state index contributed by atoms with van der Waals surface area (Å²) in [6.45, 7) is 6.62. The second-order valence-corrected chi connectivity index (χ2v) is 6.51. The van der Waals surface area contributed by atoms with E-state index in [-0.39, 0.29) is 11.8 Å². The number of hydrogen-bond acceptors (Lipinski definition) is 3. The van der Waals surface area contributed by atoms with E-state index in [1.165, 1.54) is 0 Å². The molecule has 1 atom stereocenters. The van der Waals surface area contributed by atoms with Crippen molar-refractivity contribution in [3.8, 4) is 5.75 Å². The zero-order valence-corrected chi connectivity index (χ0v) is 16.2. The number of rotatable bonds is 9. The third-order valence-electron chi connectivity index (χ3n) is 4.17. The van der Waals surface area contributed by atoms with Crippen molar-refractivity contribution in [3.05, 3.63) is 59.7 Å². The zero-order chi connectivity index (χ0) is 19.6. The van der Waals surface area contributed by atoms with Crippen LogP contribution in [0.1, 0.15) is 49.0 Å². The Morgan fingerprint density at radius 2 is 1.81 bits per heavy atom. The van der Waals surface area contributed by atoms with Crippen LogP contribution < -0.4 is 15.4 Å². The molecule has 0 spiro atoms. The van der Waals surface area contributed by atoms with Crippen molar-refractivity contribution in [2.45, 2.75) is 46.1 Å². The first kappa shape index (κ1) is 20.5. The van der Waals surface area contributed by atoms with Crippen molar-refractivity contribution in [1.82, 2.24) is 5.32 Å². The molecule has 2 N–H and O–H groups in total. The fraction of sp³-hybridized carbons (Fsp3) is 0.364. The van der Waals surface area contributed by atoms with E-state index in [0.717, 1.165) is 18.4 Å². The molecule has 27 heavy (non-hydrogen) atoms. The SMILES string of the molecule is CCCCNC(=O)c1cccc(NC(=O)C(CC)Oc2ccc(C)cc2)c1. The van der Waals surface area contributed by atoms with Gasteiger partial charge in [0.15, 0.2) is 6.10 Å². The zero-order valence-electron chi connectivity index (χ0n) is 16.2. The molecule has 0 aliphatic rings. The van der Waals surface area contributed by atoms with Crippen LogP contribution in [0.5, 0.6) is 5.75 Å². The van der Waals surface area contributed by atoms with Gasteiger partial charge in [0.1, 0.15) is 5.75 Å². The number of carbonyl (C=O) groups excluding carboxylic acids is 2. The molecule has 5 heteroatoms. The Kier molecular flexibility index (Phi) is 7.86. The fourth-order valence-corrected chi connectivity index (χ4v) is 2.55. The molecule has 0 aliphatic heterocycles. The maximum atomic E-state index is 12.6. The topological polar surface area (TPSA) is 67.4 Å². The van der Waals surface area contributed by atoms with Gasteiger partial charge in [-0.25, -0.2) is 0 Å². The predicted molar refractivity (Wildman–Crippen MR) is 108 cm³/mol. The first-order chi connectivity index (χ1) is 13.0. The van der Waals surface area contributed by atoms with Gasteiger partial charge in [-0.1, -0.05) is 44.0 Å². The van der Waals surface area contributed by atoms with Crippen LogP contribution in [0, 0.1) is 6.92 Å². The number of amides is 2. The number of anilines is 1. The number of carbonyl (C=O) groups is 2. The lowest BCUT2D eigenvalue weighted by Crippen LogP contribution is -2.32. The summed E-state index contributed by atoms with van der Waals surface area (Å²) in [6, 6.07) is 14.5. The Morgan fingerprint density at radius 1 is 1.07 bits per heavy atom. The van der Waals surface area contributed by atoms with Gasteiger partial charge >= 0.3 is 0 Å². The number of ether oxygens (including phenoxy) is 1. The van der Waals surface area contributed by atoms with E-state index in [1.807, 2.05) is 38.1 Å². The first-order valence-corrected chi connectivity index (χ1v) is 9.46. The molecule has 144 valence electrons. The van der Waals surface area contributed by atoms with Gasteiger partial charge in [0.2, 0.25) is 0 Å². The van der Waals surface area contributed by atoms with Crippen LogP contribution in [0.4, 0.5) is 5.69 Å². The molecule has 2 aromatic rings. The number of nitrogens with one attached hydrogen (secondary N) is 2. The highest BCUT2D eigenvalue weighted by Crippen LogP contribution is 2.17. The Hall–Kier alpha value is -2.82. The van der Waals surface area contributed by atoms with Gasteiger partial charge in [-0.15, -0.1) is 0 Å². The molecule has 0 heterocycles. The molecule has 0 saturated heterocycles. The second-order valence-electron chi connectivity index (χ2n) is 6.51. The van der Waals surface area contributed by atoms with Gasteiger partial charge in [0, 0.05) is 17.8 Å². The number of unbranched alkanes of at least 4 members (excludes halogenated alkanes) is 1. The van der Waals surface area contributed by atoms with E-state index in [2.05, 4.69) is 17.6 Å². The van der Waals surface area contributed by atoms with Crippen molar-refractivity contribution >= 4 is 17.5 Å². The molecule has 0 saturated carbocycles. The minimum absolute atomic E-state index is 0.137. The lowest BCUT2D eigenvalue weighted by atomic mass is 10.1. The summed E-state index contributed by atoms with van der Waals surface area (Å²) in [5, 5.41) is 5.72. The van der Waals surface area contributed by atoms with Crippen LogP contribution >= 0.6 is 0 Å². The van der Waals surface area contributed by atoms with Gasteiger partial charge < -0.3 is 15.4 Å². The summed E-state index contributed by atoms with van der Waals surface area (Å²) >= 11 is 0. The molecule has 5 nitrogen and oxygen atoms in total. The van der Waals surface area contributed by atoms with E-state index in [1.54, 1.807) is 24.3 Å². The molecule has 0 bridgehead atoms. The maximum absolute atomic E-state index is 12.6. The number of hydrogen-bond donors (Lipinski definition) is 2. The lowest BCUT2D eigenvalue weighted by molar-refractivity contribution is -0.122. The minimum Gasteiger partial charge on any atom is -0.481 e. The fourth-order valence-electron chi connectivity index (χ4n) is 2.55. The third-order valence-corrected chi connectivity index (χ3v) is 4.17. The number of benzene rings is 2. The van der Waals surface area contributed by atoms with Crippen LogP contribution in [0.15, 0.2) is 48.5 Å². The van der Waals surface area contributed by atoms with Crippen LogP contribution in [-0.2, 0) is 4.79 Å². The summed E-state index contributed by atoms with van der Waals surface area (Å²) in [5.74, 6) is 0.288. The highest BCUT2D eigenvalue weighted by atomic mass is 16.5.